The van der Waals surface area contributed by atoms with E-state index in [2.05, 4.69) is 162 Å². The third-order valence-electron chi connectivity index (χ3n) is 12.3. The van der Waals surface area contributed by atoms with Gasteiger partial charge in [-0.3, -0.25) is 0 Å². The molecular weight excluding hydrogens is 605 g/mol. The first kappa shape index (κ1) is 29.8. The van der Waals surface area contributed by atoms with Crippen molar-refractivity contribution in [3.05, 3.63) is 191 Å². The van der Waals surface area contributed by atoms with Crippen LogP contribution in [-0.2, 0) is 0 Å². The number of fused-ring (bicyclic) bond motifs is 6. The predicted molar refractivity (Wildman–Crippen MR) is 208 cm³/mol. The van der Waals surface area contributed by atoms with Gasteiger partial charge in [-0.15, -0.1) is 0 Å². The van der Waals surface area contributed by atoms with Gasteiger partial charge >= 0.3 is 0 Å². The lowest BCUT2D eigenvalue weighted by Gasteiger charge is -2.39. The first-order valence-corrected chi connectivity index (χ1v) is 18.9. The fourth-order valence-electron chi connectivity index (χ4n) is 10.2. The highest BCUT2D eigenvalue weighted by molar-refractivity contribution is 5.79. The standard InChI is InChI=1S/C48H44N2/c1-3-15-35(16-4-1)49-45-25-13-11-23-41(45)43-31-33(27-29-47(43)49)37-19-7-9-21-39(37)40-22-10-8-20-38(40)34-28-30-48-44(32-34)42-24-12-14-26-46(42)50(48)36-17-5-2-6-18-36/h1-6,9,11-18,20-26,28,30-31,37,39,43-44,47H,7-8,10,19,27,29,32H2. The predicted octanol–water partition coefficient (Wildman–Crippen LogP) is 12.4. The maximum atomic E-state index is 2.72. The van der Waals surface area contributed by atoms with Crippen LogP contribution in [0.5, 0.6) is 0 Å². The molecule has 2 heterocycles. The molecule has 2 aliphatic heterocycles. The fourth-order valence-corrected chi connectivity index (χ4v) is 10.2. The number of nitrogens with zero attached hydrogens (tertiary/aromatic N) is 2. The summed E-state index contributed by atoms with van der Waals surface area (Å²) in [5.74, 6) is 1.81. The van der Waals surface area contributed by atoms with Crippen LogP contribution < -0.4 is 9.80 Å². The molecule has 0 spiro atoms. The number of rotatable bonds is 5. The van der Waals surface area contributed by atoms with Crippen molar-refractivity contribution in [1.82, 2.24) is 0 Å². The molecule has 4 aromatic rings. The minimum absolute atomic E-state index is 0.376. The number of anilines is 4. The number of allylic oxidation sites excluding steroid dienone is 11. The molecule has 0 saturated heterocycles. The Morgan fingerprint density at radius 3 is 2.16 bits per heavy atom. The largest absolute Gasteiger partial charge is 0.337 e. The normalized spacial score (nSPS) is 26.5. The van der Waals surface area contributed by atoms with Crippen molar-refractivity contribution in [3.8, 4) is 0 Å². The molecule has 4 aliphatic carbocycles. The molecule has 0 N–H and O–H groups in total. The molecular formula is C48H44N2. The Bertz CT molecular complexity index is 2130. The van der Waals surface area contributed by atoms with E-state index in [-0.39, 0.29) is 0 Å². The van der Waals surface area contributed by atoms with Crippen LogP contribution >= 0.6 is 0 Å². The topological polar surface area (TPSA) is 6.48 Å². The summed E-state index contributed by atoms with van der Waals surface area (Å²) >= 11 is 0. The summed E-state index contributed by atoms with van der Waals surface area (Å²) in [5, 5.41) is 0. The van der Waals surface area contributed by atoms with Gasteiger partial charge in [-0.1, -0.05) is 115 Å². The minimum Gasteiger partial charge on any atom is -0.337 e. The summed E-state index contributed by atoms with van der Waals surface area (Å²) in [4.78, 5) is 5.12. The van der Waals surface area contributed by atoms with Crippen LogP contribution in [0, 0.1) is 11.8 Å². The van der Waals surface area contributed by atoms with Crippen LogP contribution in [0.25, 0.3) is 0 Å². The van der Waals surface area contributed by atoms with Crippen molar-refractivity contribution in [2.45, 2.75) is 62.8 Å². The molecule has 0 fully saturated rings. The molecule has 246 valence electrons. The molecule has 0 amide bonds. The second-order valence-electron chi connectivity index (χ2n) is 14.9. The summed E-state index contributed by atoms with van der Waals surface area (Å²) in [7, 11) is 0. The van der Waals surface area contributed by atoms with E-state index in [1.807, 2.05) is 0 Å². The third kappa shape index (κ3) is 4.83. The van der Waals surface area contributed by atoms with Gasteiger partial charge in [-0.25, -0.2) is 0 Å². The molecule has 0 saturated carbocycles. The lowest BCUT2D eigenvalue weighted by Crippen LogP contribution is -2.33. The van der Waals surface area contributed by atoms with Gasteiger partial charge < -0.3 is 9.80 Å². The number of para-hydroxylation sites is 4. The van der Waals surface area contributed by atoms with Crippen molar-refractivity contribution < 1.29 is 0 Å². The van der Waals surface area contributed by atoms with Gasteiger partial charge in [0.2, 0.25) is 0 Å². The molecule has 10 rings (SSSR count). The zero-order chi connectivity index (χ0) is 33.0. The first-order chi connectivity index (χ1) is 24.8. The van der Waals surface area contributed by atoms with Crippen LogP contribution in [0.3, 0.4) is 0 Å². The number of hydrogen-bond donors (Lipinski definition) is 0. The Morgan fingerprint density at radius 1 is 0.600 bits per heavy atom. The van der Waals surface area contributed by atoms with E-state index in [9.17, 15) is 0 Å². The molecule has 50 heavy (non-hydrogen) atoms. The van der Waals surface area contributed by atoms with E-state index in [4.69, 9.17) is 0 Å². The number of hydrogen-bond acceptors (Lipinski definition) is 2. The fraction of sp³-hybridized carbons (Fsp3) is 0.250. The summed E-state index contributed by atoms with van der Waals surface area (Å²) in [6, 6.07) is 40.7. The molecule has 0 bridgehead atoms. The SMILES string of the molecule is C1=CC(C2=CCCC=C2C2=CC=C3C(C2)c2ccccc2N3c2ccccc2)C(C2=CC3c4ccccc4N(c4ccccc4)C3CC2)CC1. The van der Waals surface area contributed by atoms with E-state index >= 15 is 0 Å². The Balaban J connectivity index is 0.976. The van der Waals surface area contributed by atoms with Crippen LogP contribution in [0.4, 0.5) is 22.7 Å². The van der Waals surface area contributed by atoms with Crippen LogP contribution in [0.2, 0.25) is 0 Å². The smallest absolute Gasteiger partial charge is 0.0497 e. The number of benzene rings is 4. The van der Waals surface area contributed by atoms with Gasteiger partial charge in [0.15, 0.2) is 0 Å². The van der Waals surface area contributed by atoms with Gasteiger partial charge in [0.25, 0.3) is 0 Å². The van der Waals surface area contributed by atoms with Gasteiger partial charge in [0, 0.05) is 52.2 Å². The molecule has 0 radical (unpaired) electrons. The second kappa shape index (κ2) is 12.4. The Labute approximate surface area is 297 Å². The van der Waals surface area contributed by atoms with Crippen LogP contribution in [0.1, 0.15) is 67.9 Å². The summed E-state index contributed by atoms with van der Waals surface area (Å²) in [6.07, 6.45) is 26.0. The molecule has 2 nitrogen and oxygen atoms in total. The van der Waals surface area contributed by atoms with E-state index in [1.165, 1.54) is 76.4 Å². The van der Waals surface area contributed by atoms with Crippen molar-refractivity contribution in [2.24, 2.45) is 11.8 Å². The quantitative estimate of drug-likeness (QED) is 0.199. The van der Waals surface area contributed by atoms with E-state index in [0.29, 0.717) is 29.7 Å². The molecule has 6 aliphatic rings. The minimum atomic E-state index is 0.376. The van der Waals surface area contributed by atoms with Crippen molar-refractivity contribution >= 4 is 22.7 Å². The lowest BCUT2D eigenvalue weighted by atomic mass is 9.67. The maximum absolute atomic E-state index is 2.72. The average molecular weight is 649 g/mol. The summed E-state index contributed by atoms with van der Waals surface area (Å²) < 4.78 is 0. The first-order valence-electron chi connectivity index (χ1n) is 18.9. The van der Waals surface area contributed by atoms with E-state index < -0.39 is 0 Å². The van der Waals surface area contributed by atoms with Crippen LogP contribution in [-0.4, -0.2) is 6.04 Å². The van der Waals surface area contributed by atoms with Crippen molar-refractivity contribution in [3.63, 3.8) is 0 Å². The molecule has 5 atom stereocenters. The van der Waals surface area contributed by atoms with Crippen LogP contribution in [0.15, 0.2) is 180 Å². The Kier molecular flexibility index (Phi) is 7.36. The van der Waals surface area contributed by atoms with Crippen molar-refractivity contribution in [2.75, 3.05) is 9.80 Å². The zero-order valence-electron chi connectivity index (χ0n) is 28.7. The highest BCUT2D eigenvalue weighted by Gasteiger charge is 2.43. The zero-order valence-corrected chi connectivity index (χ0v) is 28.7. The lowest BCUT2D eigenvalue weighted by molar-refractivity contribution is 0.415. The molecule has 0 aromatic heterocycles. The van der Waals surface area contributed by atoms with Gasteiger partial charge in [-0.05, 0) is 121 Å². The van der Waals surface area contributed by atoms with Gasteiger partial charge in [0.05, 0.1) is 0 Å². The van der Waals surface area contributed by atoms with E-state index in [0.717, 1.165) is 19.3 Å². The monoisotopic (exact) mass is 648 g/mol. The highest BCUT2D eigenvalue weighted by atomic mass is 15.2. The third-order valence-corrected chi connectivity index (χ3v) is 12.3. The van der Waals surface area contributed by atoms with Gasteiger partial charge in [0.1, 0.15) is 0 Å². The molecule has 2 heteroatoms. The Hall–Kier alpha value is -5.08. The summed E-state index contributed by atoms with van der Waals surface area (Å²) in [6.45, 7) is 0. The average Bonchev–Trinajstić information content (AvgIpc) is 3.71. The highest BCUT2D eigenvalue weighted by Crippen LogP contribution is 2.55. The molecule has 5 unspecified atom stereocenters. The Morgan fingerprint density at radius 2 is 1.32 bits per heavy atom. The van der Waals surface area contributed by atoms with Gasteiger partial charge in [-0.2, -0.15) is 0 Å². The van der Waals surface area contributed by atoms with E-state index in [1.54, 1.807) is 11.1 Å². The van der Waals surface area contributed by atoms with Crippen molar-refractivity contribution in [1.29, 1.82) is 0 Å². The molecule has 4 aromatic carbocycles. The summed E-state index contributed by atoms with van der Waals surface area (Å²) in [5.41, 5.74) is 15.9. The maximum Gasteiger partial charge on any atom is 0.0497 e. The second-order valence-corrected chi connectivity index (χ2v) is 14.9.